The number of carbonyl (C=O) groups is 1. The molecular weight excluding hydrogens is 404 g/mol. The Labute approximate surface area is 189 Å². The van der Waals surface area contributed by atoms with E-state index < -0.39 is 0 Å². The van der Waals surface area contributed by atoms with Gasteiger partial charge in [0, 0.05) is 31.1 Å². The molecule has 3 aromatic rings. The summed E-state index contributed by atoms with van der Waals surface area (Å²) < 4.78 is 12.9. The summed E-state index contributed by atoms with van der Waals surface area (Å²) in [5, 5.41) is 8.67. The Bertz CT molecular complexity index is 1030. The molecule has 1 aliphatic rings. The highest BCUT2D eigenvalue weighted by molar-refractivity contribution is 6.06. The summed E-state index contributed by atoms with van der Waals surface area (Å²) >= 11 is 0. The van der Waals surface area contributed by atoms with E-state index in [9.17, 15) is 4.79 Å². The molecule has 2 heterocycles. The fraction of sp³-hybridized carbons (Fsp3) is 0.440. The third-order valence-corrected chi connectivity index (χ3v) is 5.99. The maximum atomic E-state index is 13.1. The third-order valence-electron chi connectivity index (χ3n) is 5.99. The van der Waals surface area contributed by atoms with Crippen molar-refractivity contribution in [1.29, 1.82) is 0 Å². The maximum Gasteiger partial charge on any atom is 0.272 e. The Kier molecular flexibility index (Phi) is 7.39. The normalized spacial score (nSPS) is 15.6. The van der Waals surface area contributed by atoms with Crippen LogP contribution in [0, 0.1) is 0 Å². The summed E-state index contributed by atoms with van der Waals surface area (Å²) in [6.07, 6.45) is 1.79. The smallest absolute Gasteiger partial charge is 0.272 e. The predicted molar refractivity (Wildman–Crippen MR) is 125 cm³/mol. The number of hydrogen-bond acceptors (Lipinski definition) is 5. The number of benzene rings is 2. The predicted octanol–water partition coefficient (Wildman–Crippen LogP) is 3.13. The number of methoxy groups -OCH3 is 1. The molecule has 7 nitrogen and oxygen atoms in total. The van der Waals surface area contributed by atoms with E-state index in [0.717, 1.165) is 62.3 Å². The van der Waals surface area contributed by atoms with Gasteiger partial charge in [-0.1, -0.05) is 42.5 Å². The summed E-state index contributed by atoms with van der Waals surface area (Å²) in [5.74, 6) is 0.585. The minimum absolute atomic E-state index is 0.0434. The van der Waals surface area contributed by atoms with Gasteiger partial charge in [0.05, 0.1) is 26.9 Å². The number of hydrogen-bond donors (Lipinski definition) is 1. The number of amides is 1. The number of nitrogens with zero attached hydrogens (tertiary/aromatic N) is 3. The molecular formula is C25H32N4O3. The summed E-state index contributed by atoms with van der Waals surface area (Å²) in [4.78, 5) is 15.5. The molecule has 170 valence electrons. The molecule has 1 fully saturated rings. The van der Waals surface area contributed by atoms with E-state index in [1.807, 2.05) is 48.0 Å². The van der Waals surface area contributed by atoms with E-state index in [0.29, 0.717) is 12.2 Å². The third kappa shape index (κ3) is 5.29. The molecule has 0 unspecified atom stereocenters. The van der Waals surface area contributed by atoms with Gasteiger partial charge < -0.3 is 14.8 Å². The molecule has 1 N–H and O–H groups in total. The zero-order valence-corrected chi connectivity index (χ0v) is 18.9. The fourth-order valence-corrected chi connectivity index (χ4v) is 4.15. The van der Waals surface area contributed by atoms with Gasteiger partial charge in [0.1, 0.15) is 11.3 Å². The van der Waals surface area contributed by atoms with Gasteiger partial charge in [0.25, 0.3) is 5.91 Å². The van der Waals surface area contributed by atoms with Crippen molar-refractivity contribution >= 4 is 16.8 Å². The Morgan fingerprint density at radius 3 is 2.66 bits per heavy atom. The van der Waals surface area contributed by atoms with Crippen LogP contribution in [0.25, 0.3) is 10.9 Å². The van der Waals surface area contributed by atoms with E-state index in [1.54, 1.807) is 7.11 Å². The van der Waals surface area contributed by atoms with Gasteiger partial charge >= 0.3 is 0 Å². The SMILES string of the molecule is COc1cccc2c(C(=O)N[C@H](C)CCc3ccccc3)nn(CCN3CCOCC3)c12. The second-order valence-corrected chi connectivity index (χ2v) is 8.28. The first kappa shape index (κ1) is 22.3. The molecule has 0 aliphatic carbocycles. The summed E-state index contributed by atoms with van der Waals surface area (Å²) in [6.45, 7) is 6.94. The Morgan fingerprint density at radius 2 is 1.91 bits per heavy atom. The summed E-state index contributed by atoms with van der Waals surface area (Å²) in [5.41, 5.74) is 2.59. The van der Waals surface area contributed by atoms with Gasteiger partial charge in [0.15, 0.2) is 5.69 Å². The van der Waals surface area contributed by atoms with Crippen LogP contribution in [0.4, 0.5) is 0 Å². The molecule has 0 saturated carbocycles. The van der Waals surface area contributed by atoms with E-state index in [-0.39, 0.29) is 11.9 Å². The van der Waals surface area contributed by atoms with E-state index in [2.05, 4.69) is 22.3 Å². The van der Waals surface area contributed by atoms with E-state index >= 15 is 0 Å². The topological polar surface area (TPSA) is 68.6 Å². The number of morpholine rings is 1. The molecule has 1 saturated heterocycles. The lowest BCUT2D eigenvalue weighted by Crippen LogP contribution is -2.38. The monoisotopic (exact) mass is 436 g/mol. The first-order valence-corrected chi connectivity index (χ1v) is 11.3. The molecule has 7 heteroatoms. The van der Waals surface area contributed by atoms with Crippen molar-refractivity contribution in [3.05, 3.63) is 59.8 Å². The van der Waals surface area contributed by atoms with E-state index in [1.165, 1.54) is 5.56 Å². The van der Waals surface area contributed by atoms with Crippen LogP contribution >= 0.6 is 0 Å². The lowest BCUT2D eigenvalue weighted by molar-refractivity contribution is 0.0361. The second-order valence-electron chi connectivity index (χ2n) is 8.28. The minimum atomic E-state index is -0.145. The van der Waals surface area contributed by atoms with Gasteiger partial charge in [-0.05, 0) is 31.4 Å². The largest absolute Gasteiger partial charge is 0.494 e. The highest BCUT2D eigenvalue weighted by Crippen LogP contribution is 2.28. The summed E-state index contributed by atoms with van der Waals surface area (Å²) in [6, 6.07) is 16.1. The van der Waals surface area contributed by atoms with E-state index in [4.69, 9.17) is 14.6 Å². The van der Waals surface area contributed by atoms with Crippen LogP contribution in [0.3, 0.4) is 0 Å². The number of nitrogens with one attached hydrogen (secondary N) is 1. The zero-order valence-electron chi connectivity index (χ0n) is 18.9. The Hall–Kier alpha value is -2.90. The van der Waals surface area contributed by atoms with Gasteiger partial charge in [-0.15, -0.1) is 0 Å². The van der Waals surface area contributed by atoms with Crippen LogP contribution in [-0.2, 0) is 17.7 Å². The summed E-state index contributed by atoms with van der Waals surface area (Å²) in [7, 11) is 1.65. The standard InChI is InChI=1S/C25H32N4O3/c1-19(11-12-20-7-4-3-5-8-20)26-25(30)23-21-9-6-10-22(31-2)24(21)29(27-23)14-13-28-15-17-32-18-16-28/h3-10,19H,11-18H2,1-2H3,(H,26,30)/t19-/m1/s1. The highest BCUT2D eigenvalue weighted by atomic mass is 16.5. The number of para-hydroxylation sites is 1. The van der Waals surface area contributed by atoms with Crippen molar-refractivity contribution in [2.24, 2.45) is 0 Å². The molecule has 2 aromatic carbocycles. The first-order chi connectivity index (χ1) is 15.7. The van der Waals surface area contributed by atoms with Crippen LogP contribution in [0.5, 0.6) is 5.75 Å². The van der Waals surface area contributed by atoms with Gasteiger partial charge in [0.2, 0.25) is 0 Å². The van der Waals surface area contributed by atoms with Crippen LogP contribution in [0.1, 0.15) is 29.4 Å². The van der Waals surface area contributed by atoms with Gasteiger partial charge in [-0.25, -0.2) is 0 Å². The average Bonchev–Trinajstić information content (AvgIpc) is 3.22. The molecule has 0 bridgehead atoms. The molecule has 0 radical (unpaired) electrons. The second kappa shape index (κ2) is 10.6. The molecule has 1 atom stereocenters. The van der Waals surface area contributed by atoms with Crippen LogP contribution in [0.2, 0.25) is 0 Å². The fourth-order valence-electron chi connectivity index (χ4n) is 4.15. The number of ether oxygens (including phenoxy) is 2. The highest BCUT2D eigenvalue weighted by Gasteiger charge is 2.21. The number of aryl methyl sites for hydroxylation is 1. The number of rotatable bonds is 9. The van der Waals surface area contributed by atoms with Crippen LogP contribution < -0.4 is 10.1 Å². The number of fused-ring (bicyclic) bond motifs is 1. The van der Waals surface area contributed by atoms with Crippen molar-refractivity contribution in [3.63, 3.8) is 0 Å². The molecule has 0 spiro atoms. The quantitative estimate of drug-likeness (QED) is 0.558. The van der Waals surface area contributed by atoms with Crippen LogP contribution in [-0.4, -0.2) is 66.6 Å². The van der Waals surface area contributed by atoms with Crippen LogP contribution in [0.15, 0.2) is 48.5 Å². The average molecular weight is 437 g/mol. The molecule has 1 amide bonds. The molecule has 1 aromatic heterocycles. The van der Waals surface area contributed by atoms with Gasteiger partial charge in [-0.2, -0.15) is 5.10 Å². The van der Waals surface area contributed by atoms with Gasteiger partial charge in [-0.3, -0.25) is 14.4 Å². The lowest BCUT2D eigenvalue weighted by atomic mass is 10.1. The molecule has 4 rings (SSSR count). The van der Waals surface area contributed by atoms with Crippen molar-refractivity contribution in [2.45, 2.75) is 32.4 Å². The van der Waals surface area contributed by atoms with Crippen molar-refractivity contribution in [3.8, 4) is 5.75 Å². The Morgan fingerprint density at radius 1 is 1.12 bits per heavy atom. The minimum Gasteiger partial charge on any atom is -0.494 e. The number of aromatic nitrogens is 2. The van der Waals surface area contributed by atoms with Crippen molar-refractivity contribution in [2.75, 3.05) is 40.0 Å². The maximum absolute atomic E-state index is 13.1. The molecule has 1 aliphatic heterocycles. The molecule has 32 heavy (non-hydrogen) atoms. The first-order valence-electron chi connectivity index (χ1n) is 11.3. The van der Waals surface area contributed by atoms with Crippen molar-refractivity contribution < 1.29 is 14.3 Å². The zero-order chi connectivity index (χ0) is 22.3. The number of carbonyl (C=O) groups excluding carboxylic acids is 1. The Balaban J connectivity index is 1.48. The lowest BCUT2D eigenvalue weighted by Gasteiger charge is -2.26. The van der Waals surface area contributed by atoms with Crippen molar-refractivity contribution in [1.82, 2.24) is 20.0 Å².